The number of hydrogen-bond acceptors (Lipinski definition) is 6. The highest BCUT2D eigenvalue weighted by atomic mass is 16.5. The number of rotatable bonds is 8. The summed E-state index contributed by atoms with van der Waals surface area (Å²) >= 11 is 0. The van der Waals surface area contributed by atoms with Gasteiger partial charge in [-0.15, -0.1) is 5.10 Å². The Bertz CT molecular complexity index is 1190. The molecule has 4 rings (SSSR count). The van der Waals surface area contributed by atoms with E-state index < -0.39 is 24.0 Å². The third-order valence-corrected chi connectivity index (χ3v) is 5.95. The Morgan fingerprint density at radius 2 is 1.71 bits per heavy atom. The van der Waals surface area contributed by atoms with Crippen LogP contribution < -0.4 is 10.6 Å². The van der Waals surface area contributed by atoms with Crippen molar-refractivity contribution in [2.24, 2.45) is 7.05 Å². The van der Waals surface area contributed by atoms with Gasteiger partial charge in [0.1, 0.15) is 12.6 Å². The van der Waals surface area contributed by atoms with Crippen molar-refractivity contribution in [3.8, 4) is 11.1 Å². The number of nitrogens with zero attached hydrogens (tertiary/aromatic N) is 3. The largest absolute Gasteiger partial charge is 0.481 e. The average molecular weight is 463 g/mol. The molecular formula is C24H25N5O5. The lowest BCUT2D eigenvalue weighted by Crippen LogP contribution is -2.44. The van der Waals surface area contributed by atoms with Gasteiger partial charge in [-0.3, -0.25) is 14.3 Å². The quantitative estimate of drug-likeness (QED) is 0.467. The zero-order valence-corrected chi connectivity index (χ0v) is 18.8. The lowest BCUT2D eigenvalue weighted by molar-refractivity contribution is -0.137. The van der Waals surface area contributed by atoms with Gasteiger partial charge in [0.15, 0.2) is 5.82 Å². The summed E-state index contributed by atoms with van der Waals surface area (Å²) < 4.78 is 6.98. The Kier molecular flexibility index (Phi) is 6.58. The predicted molar refractivity (Wildman–Crippen MR) is 123 cm³/mol. The second-order valence-electron chi connectivity index (χ2n) is 8.09. The summed E-state index contributed by atoms with van der Waals surface area (Å²) in [7, 11) is 1.68. The van der Waals surface area contributed by atoms with Crippen molar-refractivity contribution in [3.05, 3.63) is 65.4 Å². The molecule has 176 valence electrons. The Morgan fingerprint density at radius 1 is 1.09 bits per heavy atom. The Morgan fingerprint density at radius 3 is 2.26 bits per heavy atom. The summed E-state index contributed by atoms with van der Waals surface area (Å²) in [6.45, 7) is 1.80. The number of benzene rings is 2. The fourth-order valence-corrected chi connectivity index (χ4v) is 4.04. The maximum absolute atomic E-state index is 12.8. The summed E-state index contributed by atoms with van der Waals surface area (Å²) in [6.07, 6.45) is -1.21. The van der Waals surface area contributed by atoms with Gasteiger partial charge in [0.25, 0.3) is 0 Å². The van der Waals surface area contributed by atoms with Gasteiger partial charge in [-0.25, -0.2) is 4.79 Å². The van der Waals surface area contributed by atoms with Crippen molar-refractivity contribution in [1.82, 2.24) is 20.3 Å². The summed E-state index contributed by atoms with van der Waals surface area (Å²) in [5, 5.41) is 21.8. The number of aryl methyl sites for hydroxylation is 1. The second-order valence-corrected chi connectivity index (χ2v) is 8.09. The number of carboxylic acid groups (broad SMARTS) is 1. The van der Waals surface area contributed by atoms with Gasteiger partial charge in [-0.1, -0.05) is 53.7 Å². The topological polar surface area (TPSA) is 135 Å². The number of anilines is 1. The fraction of sp³-hybridized carbons (Fsp3) is 0.292. The van der Waals surface area contributed by atoms with Crippen LogP contribution in [0.25, 0.3) is 11.1 Å². The average Bonchev–Trinajstić information content (AvgIpc) is 3.32. The zero-order chi connectivity index (χ0) is 24.2. The third kappa shape index (κ3) is 4.75. The molecule has 3 aromatic rings. The minimum atomic E-state index is -1.12. The van der Waals surface area contributed by atoms with Gasteiger partial charge in [0.05, 0.1) is 5.69 Å². The molecule has 10 heteroatoms. The number of ether oxygens (including phenoxy) is 1. The van der Waals surface area contributed by atoms with Crippen molar-refractivity contribution in [2.75, 3.05) is 11.9 Å². The molecule has 34 heavy (non-hydrogen) atoms. The Hall–Kier alpha value is -4.21. The number of aliphatic carboxylic acids is 1. The van der Waals surface area contributed by atoms with Crippen molar-refractivity contribution in [2.45, 2.75) is 31.7 Å². The predicted octanol–water partition coefficient (Wildman–Crippen LogP) is 2.83. The van der Waals surface area contributed by atoms with Crippen LogP contribution in [-0.4, -0.2) is 50.7 Å². The van der Waals surface area contributed by atoms with Gasteiger partial charge in [0, 0.05) is 19.4 Å². The first kappa shape index (κ1) is 23.0. The summed E-state index contributed by atoms with van der Waals surface area (Å²) in [5.41, 5.74) is 4.95. The van der Waals surface area contributed by atoms with Crippen LogP contribution in [0.1, 0.15) is 35.6 Å². The van der Waals surface area contributed by atoms with Gasteiger partial charge in [-0.05, 0) is 35.6 Å². The first-order valence-electron chi connectivity index (χ1n) is 10.9. The highest BCUT2D eigenvalue weighted by Crippen LogP contribution is 2.44. The number of nitrogens with one attached hydrogen (secondary N) is 2. The van der Waals surface area contributed by atoms with Crippen molar-refractivity contribution >= 4 is 23.8 Å². The number of carbonyl (C=O) groups is 3. The third-order valence-electron chi connectivity index (χ3n) is 5.95. The monoisotopic (exact) mass is 463 g/mol. The van der Waals surface area contributed by atoms with Crippen molar-refractivity contribution < 1.29 is 24.2 Å². The Balaban J connectivity index is 1.43. The first-order valence-corrected chi connectivity index (χ1v) is 10.9. The van der Waals surface area contributed by atoms with E-state index in [4.69, 9.17) is 9.84 Å². The van der Waals surface area contributed by atoms with Crippen LogP contribution >= 0.6 is 0 Å². The highest BCUT2D eigenvalue weighted by molar-refractivity contribution is 5.96. The van der Waals surface area contributed by atoms with Crippen molar-refractivity contribution in [1.29, 1.82) is 0 Å². The zero-order valence-electron chi connectivity index (χ0n) is 18.8. The van der Waals surface area contributed by atoms with E-state index in [1.54, 1.807) is 14.0 Å². The van der Waals surface area contributed by atoms with Crippen LogP contribution in [0.3, 0.4) is 0 Å². The van der Waals surface area contributed by atoms with E-state index in [9.17, 15) is 14.4 Å². The van der Waals surface area contributed by atoms with Crippen LogP contribution in [0.2, 0.25) is 0 Å². The minimum absolute atomic E-state index is 0.0798. The van der Waals surface area contributed by atoms with E-state index in [0.29, 0.717) is 5.69 Å². The molecule has 0 saturated carbocycles. The fourth-order valence-electron chi connectivity index (χ4n) is 4.04. The molecule has 0 radical (unpaired) electrons. The number of hydrogen-bond donors (Lipinski definition) is 3. The molecule has 1 aliphatic carbocycles. The number of fused-ring (bicyclic) bond motifs is 3. The van der Waals surface area contributed by atoms with Gasteiger partial charge < -0.3 is 20.5 Å². The molecule has 2 aromatic carbocycles. The molecule has 1 unspecified atom stereocenters. The maximum Gasteiger partial charge on any atom is 0.407 e. The van der Waals surface area contributed by atoms with E-state index in [1.165, 1.54) is 4.68 Å². The van der Waals surface area contributed by atoms with Crippen LogP contribution in [-0.2, 0) is 21.4 Å². The molecule has 10 nitrogen and oxygen atoms in total. The number of amides is 2. The first-order chi connectivity index (χ1) is 16.3. The smallest absolute Gasteiger partial charge is 0.407 e. The van der Waals surface area contributed by atoms with Crippen LogP contribution in [0.4, 0.5) is 10.6 Å². The highest BCUT2D eigenvalue weighted by Gasteiger charge is 2.30. The normalized spacial score (nSPS) is 13.0. The van der Waals surface area contributed by atoms with E-state index in [0.717, 1.165) is 22.3 Å². The lowest BCUT2D eigenvalue weighted by atomic mass is 9.98. The van der Waals surface area contributed by atoms with E-state index in [2.05, 4.69) is 20.9 Å². The van der Waals surface area contributed by atoms with Crippen LogP contribution in [0.15, 0.2) is 48.5 Å². The van der Waals surface area contributed by atoms with Gasteiger partial charge in [-0.2, -0.15) is 0 Å². The second kappa shape index (κ2) is 9.74. The van der Waals surface area contributed by atoms with E-state index >= 15 is 0 Å². The van der Waals surface area contributed by atoms with Gasteiger partial charge in [0.2, 0.25) is 5.91 Å². The number of carboxylic acids is 1. The van der Waals surface area contributed by atoms with Crippen molar-refractivity contribution in [3.63, 3.8) is 0 Å². The minimum Gasteiger partial charge on any atom is -0.481 e. The molecule has 0 saturated heterocycles. The molecule has 1 heterocycles. The summed E-state index contributed by atoms with van der Waals surface area (Å²) in [4.78, 5) is 36.4. The molecule has 0 fully saturated rings. The van der Waals surface area contributed by atoms with Gasteiger partial charge >= 0.3 is 12.1 Å². The molecule has 0 bridgehead atoms. The number of carbonyl (C=O) groups excluding carboxylic acids is 2. The number of alkyl carbamates (subject to hydrolysis) is 1. The number of aromatic nitrogens is 3. The van der Waals surface area contributed by atoms with Crippen LogP contribution in [0, 0.1) is 6.92 Å². The maximum atomic E-state index is 12.8. The molecule has 1 atom stereocenters. The summed E-state index contributed by atoms with van der Waals surface area (Å²) in [6, 6.07) is 14.8. The molecule has 0 spiro atoms. The van der Waals surface area contributed by atoms with E-state index in [-0.39, 0.29) is 31.2 Å². The Labute approximate surface area is 195 Å². The molecular weight excluding hydrogens is 438 g/mol. The molecule has 0 aliphatic heterocycles. The summed E-state index contributed by atoms with van der Waals surface area (Å²) in [5.74, 6) is -1.57. The SMILES string of the molecule is Cc1c(NC(=O)C(CCC(=O)O)NC(=O)OCC2c3ccccc3-c3ccccc32)nnn1C. The van der Waals surface area contributed by atoms with Crippen LogP contribution in [0.5, 0.6) is 0 Å². The molecule has 1 aromatic heterocycles. The lowest BCUT2D eigenvalue weighted by Gasteiger charge is -2.19. The van der Waals surface area contributed by atoms with E-state index in [1.807, 2.05) is 48.5 Å². The molecule has 2 amide bonds. The molecule has 3 N–H and O–H groups in total. The molecule has 1 aliphatic rings. The standard InChI is InChI=1S/C24H25N5O5/c1-14-22(27-28-29(14)2)26-23(32)20(11-12-21(30)31)25-24(33)34-13-19-17-9-5-3-7-15(17)16-8-4-6-10-18(16)19/h3-10,19-20H,11-13H2,1-2H3,(H,25,33)(H,26,32)(H,30,31).